The van der Waals surface area contributed by atoms with Crippen molar-refractivity contribution in [2.24, 2.45) is 10.4 Å². The van der Waals surface area contributed by atoms with E-state index in [-0.39, 0.29) is 11.3 Å². The normalized spacial score (nSPS) is 13.7. The van der Waals surface area contributed by atoms with Crippen molar-refractivity contribution in [2.75, 3.05) is 7.05 Å². The summed E-state index contributed by atoms with van der Waals surface area (Å²) in [5.41, 5.74) is 2.77. The molecule has 0 N–H and O–H groups in total. The van der Waals surface area contributed by atoms with Crippen molar-refractivity contribution >= 4 is 11.5 Å². The molecule has 1 atom stereocenters. The maximum Gasteiger partial charge on any atom is 0.132 e. The summed E-state index contributed by atoms with van der Waals surface area (Å²) in [6, 6.07) is 10.6. The van der Waals surface area contributed by atoms with Gasteiger partial charge < -0.3 is 0 Å². The first-order valence-corrected chi connectivity index (χ1v) is 9.89. The molecule has 0 bridgehead atoms. The van der Waals surface area contributed by atoms with E-state index in [1.165, 1.54) is 30.5 Å². The summed E-state index contributed by atoms with van der Waals surface area (Å²) < 4.78 is 0. The second-order valence-electron chi connectivity index (χ2n) is 8.27. The van der Waals surface area contributed by atoms with Crippen LogP contribution in [0.5, 0.6) is 0 Å². The summed E-state index contributed by atoms with van der Waals surface area (Å²) in [5, 5.41) is 0. The van der Waals surface area contributed by atoms with Crippen LogP contribution in [0.25, 0.3) is 0 Å². The maximum atomic E-state index is 12.4. The number of Topliss-reactive ketones (excluding diaryl/α,β-unsaturated/α-hetero) is 1. The zero-order valence-electron chi connectivity index (χ0n) is 17.0. The van der Waals surface area contributed by atoms with Crippen molar-refractivity contribution in [3.63, 3.8) is 0 Å². The molecule has 0 spiro atoms. The molecule has 0 heterocycles. The van der Waals surface area contributed by atoms with Crippen LogP contribution in [0.3, 0.4) is 0 Å². The molecule has 0 saturated carbocycles. The summed E-state index contributed by atoms with van der Waals surface area (Å²) >= 11 is 0. The Morgan fingerprint density at radius 1 is 1.04 bits per heavy atom. The molecule has 2 nitrogen and oxygen atoms in total. The van der Waals surface area contributed by atoms with E-state index in [0.717, 1.165) is 19.3 Å². The van der Waals surface area contributed by atoms with Gasteiger partial charge in [0.15, 0.2) is 0 Å². The maximum absolute atomic E-state index is 12.4. The van der Waals surface area contributed by atoms with Crippen LogP contribution in [0.2, 0.25) is 0 Å². The minimum atomic E-state index is 0.227. The molecule has 1 unspecified atom stereocenters. The topological polar surface area (TPSA) is 29.4 Å². The number of benzene rings is 1. The van der Waals surface area contributed by atoms with E-state index in [2.05, 4.69) is 63.0 Å². The van der Waals surface area contributed by atoms with Gasteiger partial charge in [-0.1, -0.05) is 70.9 Å². The van der Waals surface area contributed by atoms with Crippen LogP contribution in [0.4, 0.5) is 0 Å². The van der Waals surface area contributed by atoms with Crippen LogP contribution in [-0.2, 0) is 4.79 Å². The number of nitrogens with zero attached hydrogens (tertiary/aromatic N) is 1. The monoisotopic (exact) mass is 343 g/mol. The first-order chi connectivity index (χ1) is 11.9. The van der Waals surface area contributed by atoms with Gasteiger partial charge in [0.2, 0.25) is 0 Å². The van der Waals surface area contributed by atoms with Crippen molar-refractivity contribution in [2.45, 2.75) is 85.0 Å². The van der Waals surface area contributed by atoms with Crippen molar-refractivity contribution in [1.82, 2.24) is 0 Å². The number of hydrogen-bond donors (Lipinski definition) is 0. The van der Waals surface area contributed by atoms with E-state index in [1.807, 2.05) is 7.05 Å². The van der Waals surface area contributed by atoms with E-state index in [0.29, 0.717) is 18.6 Å². The summed E-state index contributed by atoms with van der Waals surface area (Å²) in [7, 11) is 1.90. The van der Waals surface area contributed by atoms with Crippen molar-refractivity contribution in [3.8, 4) is 0 Å². The van der Waals surface area contributed by atoms with Crippen LogP contribution in [-0.4, -0.2) is 18.5 Å². The highest BCUT2D eigenvalue weighted by Crippen LogP contribution is 2.27. The molecule has 0 aliphatic heterocycles. The van der Waals surface area contributed by atoms with Gasteiger partial charge in [0.05, 0.1) is 0 Å². The van der Waals surface area contributed by atoms with E-state index < -0.39 is 0 Å². The smallest absolute Gasteiger partial charge is 0.132 e. The lowest BCUT2D eigenvalue weighted by molar-refractivity contribution is -0.119. The highest BCUT2D eigenvalue weighted by Gasteiger charge is 2.20. The molecular formula is C23H37NO. The van der Waals surface area contributed by atoms with Gasteiger partial charge in [-0.25, -0.2) is 0 Å². The molecule has 1 aromatic carbocycles. The Morgan fingerprint density at radius 2 is 1.72 bits per heavy atom. The quantitative estimate of drug-likeness (QED) is 0.329. The molecule has 2 heteroatoms. The number of unbranched alkanes of at least 4 members (excludes halogenated alkanes) is 2. The van der Waals surface area contributed by atoms with Gasteiger partial charge in [0.25, 0.3) is 0 Å². The number of aliphatic imine (C=N–C) groups is 1. The Labute approximate surface area is 155 Å². The van der Waals surface area contributed by atoms with Crippen LogP contribution in [0.1, 0.15) is 90.5 Å². The third-order valence-corrected chi connectivity index (χ3v) is 4.79. The van der Waals surface area contributed by atoms with E-state index in [4.69, 9.17) is 0 Å². The third kappa shape index (κ3) is 9.00. The lowest BCUT2D eigenvalue weighted by atomic mass is 9.85. The van der Waals surface area contributed by atoms with Gasteiger partial charge in [-0.2, -0.15) is 0 Å². The fourth-order valence-electron chi connectivity index (χ4n) is 3.15. The predicted octanol–water partition coefficient (Wildman–Crippen LogP) is 6.60. The van der Waals surface area contributed by atoms with Crippen LogP contribution >= 0.6 is 0 Å². The molecule has 1 rings (SSSR count). The zero-order chi connectivity index (χ0) is 18.7. The molecule has 0 aliphatic carbocycles. The predicted molar refractivity (Wildman–Crippen MR) is 110 cm³/mol. The van der Waals surface area contributed by atoms with Crippen molar-refractivity contribution in [3.05, 3.63) is 35.9 Å². The number of carbonyl (C=O) groups excluding carboxylic acids is 1. The molecular weight excluding hydrogens is 306 g/mol. The fraction of sp³-hybridized carbons (Fsp3) is 0.652. The molecule has 0 aliphatic rings. The van der Waals surface area contributed by atoms with E-state index in [9.17, 15) is 4.79 Å². The third-order valence-electron chi connectivity index (χ3n) is 4.79. The van der Waals surface area contributed by atoms with Gasteiger partial charge >= 0.3 is 0 Å². The first-order valence-electron chi connectivity index (χ1n) is 9.89. The highest BCUT2D eigenvalue weighted by molar-refractivity contribution is 5.91. The Morgan fingerprint density at radius 3 is 2.28 bits per heavy atom. The molecule has 25 heavy (non-hydrogen) atoms. The van der Waals surface area contributed by atoms with Crippen molar-refractivity contribution < 1.29 is 4.79 Å². The van der Waals surface area contributed by atoms with Crippen LogP contribution < -0.4 is 0 Å². The van der Waals surface area contributed by atoms with Gasteiger partial charge in [0.1, 0.15) is 5.78 Å². The number of hydrogen-bond acceptors (Lipinski definition) is 2. The lowest BCUT2D eigenvalue weighted by Gasteiger charge is -2.21. The Bertz CT molecular complexity index is 525. The Kier molecular flexibility index (Phi) is 9.70. The van der Waals surface area contributed by atoms with Gasteiger partial charge in [-0.05, 0) is 36.7 Å². The second-order valence-corrected chi connectivity index (χ2v) is 8.27. The minimum Gasteiger partial charge on any atom is -0.300 e. The molecule has 1 aromatic rings. The van der Waals surface area contributed by atoms with E-state index in [1.54, 1.807) is 0 Å². The molecule has 0 saturated heterocycles. The van der Waals surface area contributed by atoms with Crippen LogP contribution in [0, 0.1) is 5.41 Å². The molecule has 0 fully saturated rings. The molecule has 0 amide bonds. The standard InChI is InChI=1S/C23H37NO/c1-6-7-9-14-22(24-5)21(19-12-10-8-11-13-19)16-15-20(25)17-18-23(2,3)4/h8,10-13,21H,6-7,9,14-18H2,1-5H3. The van der Waals surface area contributed by atoms with Crippen LogP contribution in [0.15, 0.2) is 35.3 Å². The lowest BCUT2D eigenvalue weighted by Crippen LogP contribution is -2.16. The largest absolute Gasteiger partial charge is 0.300 e. The number of rotatable bonds is 11. The van der Waals surface area contributed by atoms with E-state index >= 15 is 0 Å². The average molecular weight is 344 g/mol. The fourth-order valence-corrected chi connectivity index (χ4v) is 3.15. The molecule has 0 aromatic heterocycles. The summed E-state index contributed by atoms with van der Waals surface area (Å²) in [6.07, 6.45) is 7.88. The van der Waals surface area contributed by atoms with Crippen molar-refractivity contribution in [1.29, 1.82) is 0 Å². The summed E-state index contributed by atoms with van der Waals surface area (Å²) in [5.74, 6) is 0.668. The summed E-state index contributed by atoms with van der Waals surface area (Å²) in [4.78, 5) is 17.0. The summed E-state index contributed by atoms with van der Waals surface area (Å²) in [6.45, 7) is 8.82. The Hall–Kier alpha value is -1.44. The first kappa shape index (κ1) is 21.6. The molecule has 0 radical (unpaired) electrons. The zero-order valence-corrected chi connectivity index (χ0v) is 17.0. The molecule has 140 valence electrons. The highest BCUT2D eigenvalue weighted by atomic mass is 16.1. The number of carbonyl (C=O) groups is 1. The minimum absolute atomic E-state index is 0.227. The number of ketones is 1. The second kappa shape index (κ2) is 11.2. The Balaban J connectivity index is 2.73. The average Bonchev–Trinajstić information content (AvgIpc) is 2.59. The van der Waals surface area contributed by atoms with Gasteiger partial charge in [-0.3, -0.25) is 9.79 Å². The SMILES string of the molecule is CCCCCC(=NC)C(CCC(=O)CCC(C)(C)C)c1ccccc1. The van der Waals surface area contributed by atoms with Gasteiger partial charge in [0, 0.05) is 31.5 Å². The van der Waals surface area contributed by atoms with Gasteiger partial charge in [-0.15, -0.1) is 0 Å².